The van der Waals surface area contributed by atoms with Crippen LogP contribution in [-0.4, -0.2) is 143 Å². The number of nitrogens with one attached hydrogen (secondary N) is 8. The number of carbonyl (C=O) groups excluding carboxylic acids is 10. The molecule has 0 aliphatic heterocycles. The number of carboxylic acids is 2. The van der Waals surface area contributed by atoms with E-state index < -0.39 is 151 Å². The molecule has 0 aliphatic carbocycles. The van der Waals surface area contributed by atoms with Gasteiger partial charge in [0.2, 0.25) is 59.1 Å². The van der Waals surface area contributed by atoms with Gasteiger partial charge in [0, 0.05) is 6.42 Å². The quantitative estimate of drug-likeness (QED) is 0.0280. The molecule has 0 saturated heterocycles. The number of carbonyl (C=O) groups is 12. The molecule has 26 nitrogen and oxygen atoms in total. The maximum absolute atomic E-state index is 13.6. The molecule has 0 aromatic rings. The third-order valence-corrected chi connectivity index (χ3v) is 9.73. The molecule has 0 aliphatic rings. The van der Waals surface area contributed by atoms with Crippen LogP contribution in [0.3, 0.4) is 0 Å². The largest absolute Gasteiger partial charge is 0.481 e. The molecular formula is C39H68N12O14. The number of hydrogen-bond donors (Lipinski definition) is 14. The number of carboxylic acid groups (broad SMARTS) is 2. The first-order valence-electron chi connectivity index (χ1n) is 21.1. The number of primary amides is 2. The lowest BCUT2D eigenvalue weighted by Gasteiger charge is -2.28. The van der Waals surface area contributed by atoms with Crippen LogP contribution in [0.25, 0.3) is 0 Å². The predicted molar refractivity (Wildman–Crippen MR) is 230 cm³/mol. The van der Waals surface area contributed by atoms with Crippen molar-refractivity contribution < 1.29 is 67.7 Å². The molecule has 9 atom stereocenters. The van der Waals surface area contributed by atoms with Crippen LogP contribution in [-0.2, 0) is 57.5 Å². The van der Waals surface area contributed by atoms with Gasteiger partial charge in [-0.2, -0.15) is 0 Å². The summed E-state index contributed by atoms with van der Waals surface area (Å²) in [4.78, 5) is 151. The van der Waals surface area contributed by atoms with E-state index in [0.29, 0.717) is 25.8 Å². The van der Waals surface area contributed by atoms with Crippen LogP contribution in [0.5, 0.6) is 0 Å². The lowest BCUT2D eigenvalue weighted by atomic mass is 9.97. The number of amides is 10. The van der Waals surface area contributed by atoms with Gasteiger partial charge in [0.05, 0.1) is 25.4 Å². The van der Waals surface area contributed by atoms with Crippen molar-refractivity contribution in [3.63, 3.8) is 0 Å². The van der Waals surface area contributed by atoms with Gasteiger partial charge in [0.1, 0.15) is 42.3 Å². The van der Waals surface area contributed by atoms with E-state index in [9.17, 15) is 67.7 Å². The number of unbranched alkanes of at least 4 members (excludes halogenated alkanes) is 1. The molecule has 0 aromatic heterocycles. The Hall–Kier alpha value is -6.44. The van der Waals surface area contributed by atoms with Crippen molar-refractivity contribution in [1.29, 1.82) is 0 Å². The topological polar surface area (TPSA) is 446 Å². The Balaban J connectivity index is 5.83. The van der Waals surface area contributed by atoms with E-state index >= 15 is 0 Å². The Morgan fingerprint density at radius 1 is 0.554 bits per heavy atom. The molecule has 0 radical (unpaired) electrons. The van der Waals surface area contributed by atoms with Gasteiger partial charge in [0.25, 0.3) is 0 Å². The fraction of sp³-hybridized carbons (Fsp3) is 0.692. The maximum atomic E-state index is 13.6. The van der Waals surface area contributed by atoms with E-state index in [1.165, 1.54) is 13.8 Å². The van der Waals surface area contributed by atoms with Crippen molar-refractivity contribution in [3.05, 3.63) is 0 Å². The van der Waals surface area contributed by atoms with Crippen LogP contribution in [0, 0.1) is 11.8 Å². The summed E-state index contributed by atoms with van der Waals surface area (Å²) in [5, 5.41) is 37.3. The standard InChI is InChI=1S/C39H68N12O14/c1-7-19(4)31(38(63)46-21(6)33(58)48-24(39(64)65)10-8-9-13-40)51-36(61)23(11-12-27(42)52)47-32(57)20(5)45-29(54)17-44-35(60)26(16-30(55)56)50-37(62)25(15-28(43)53)49-34(59)22(41)14-18(2)3/h18-26,31H,7-17,40-41H2,1-6H3,(H2,42,52)(H2,43,53)(H,44,60)(H,45,54)(H,46,63)(H,47,57)(H,48,58)(H,49,59)(H,50,62)(H,51,61)(H,55,56)(H,64,65)/t19-,20-,21-,22-,23-,24-,25-,26-,31-/m0/s1. The molecule has 26 heteroatoms. The van der Waals surface area contributed by atoms with Crippen molar-refractivity contribution in [3.8, 4) is 0 Å². The SMILES string of the molecule is CC[C@H](C)[C@H](NC(=O)[C@H](CCC(N)=O)NC(=O)[C@H](C)NC(=O)CNC(=O)[C@H](CC(=O)O)NC(=O)[C@H](CC(N)=O)NC(=O)[C@@H](N)CC(C)C)C(=O)N[C@@H](C)C(=O)N[C@@H](CCCCN)C(=O)O. The fourth-order valence-corrected chi connectivity index (χ4v) is 5.83. The molecule has 0 unspecified atom stereocenters. The van der Waals surface area contributed by atoms with E-state index in [4.69, 9.17) is 22.9 Å². The second kappa shape index (κ2) is 29.8. The van der Waals surface area contributed by atoms with Gasteiger partial charge in [-0.1, -0.05) is 34.1 Å². The van der Waals surface area contributed by atoms with Gasteiger partial charge in [-0.3, -0.25) is 52.7 Å². The normalized spacial score (nSPS) is 15.1. The third kappa shape index (κ3) is 23.7. The highest BCUT2D eigenvalue weighted by molar-refractivity contribution is 5.99. The monoisotopic (exact) mass is 928 g/mol. The zero-order valence-corrected chi connectivity index (χ0v) is 37.7. The molecule has 0 heterocycles. The summed E-state index contributed by atoms with van der Waals surface area (Å²) in [5.41, 5.74) is 21.8. The van der Waals surface area contributed by atoms with Crippen LogP contribution in [0.2, 0.25) is 0 Å². The zero-order chi connectivity index (χ0) is 50.1. The Morgan fingerprint density at radius 3 is 1.58 bits per heavy atom. The minimum atomic E-state index is -1.84. The average molecular weight is 929 g/mol. The molecule has 0 spiro atoms. The molecule has 18 N–H and O–H groups in total. The predicted octanol–water partition coefficient (Wildman–Crippen LogP) is -5.22. The summed E-state index contributed by atoms with van der Waals surface area (Å²) >= 11 is 0. The number of hydrogen-bond acceptors (Lipinski definition) is 14. The van der Waals surface area contributed by atoms with E-state index in [0.717, 1.165) is 0 Å². The van der Waals surface area contributed by atoms with Gasteiger partial charge in [-0.05, 0) is 64.3 Å². The van der Waals surface area contributed by atoms with Crippen LogP contribution in [0.1, 0.15) is 99.3 Å². The minimum Gasteiger partial charge on any atom is -0.481 e. The summed E-state index contributed by atoms with van der Waals surface area (Å²) in [6.45, 7) is 8.87. The van der Waals surface area contributed by atoms with Gasteiger partial charge >= 0.3 is 11.9 Å². The van der Waals surface area contributed by atoms with Crippen molar-refractivity contribution in [2.45, 2.75) is 148 Å². The van der Waals surface area contributed by atoms with Gasteiger partial charge in [0.15, 0.2) is 0 Å². The Kier molecular flexibility index (Phi) is 26.9. The Bertz CT molecular complexity index is 1710. The van der Waals surface area contributed by atoms with Gasteiger partial charge in [-0.15, -0.1) is 0 Å². The molecule has 10 amide bonds. The van der Waals surface area contributed by atoms with Crippen LogP contribution < -0.4 is 65.5 Å². The van der Waals surface area contributed by atoms with Crippen LogP contribution >= 0.6 is 0 Å². The first kappa shape index (κ1) is 58.6. The summed E-state index contributed by atoms with van der Waals surface area (Å²) in [5.74, 6) is -13.0. The third-order valence-electron chi connectivity index (χ3n) is 9.73. The molecule has 65 heavy (non-hydrogen) atoms. The summed E-state index contributed by atoms with van der Waals surface area (Å²) in [6.07, 6.45) is -0.899. The first-order valence-corrected chi connectivity index (χ1v) is 21.1. The number of aliphatic carboxylic acids is 2. The summed E-state index contributed by atoms with van der Waals surface area (Å²) in [6, 6.07) is -11.3. The summed E-state index contributed by atoms with van der Waals surface area (Å²) in [7, 11) is 0. The van der Waals surface area contributed by atoms with E-state index in [-0.39, 0.29) is 25.2 Å². The lowest BCUT2D eigenvalue weighted by Crippen LogP contribution is -2.60. The first-order chi connectivity index (χ1) is 30.2. The van der Waals surface area contributed by atoms with Crippen molar-refractivity contribution >= 4 is 71.0 Å². The van der Waals surface area contributed by atoms with E-state index in [1.807, 2.05) is 0 Å². The fourth-order valence-electron chi connectivity index (χ4n) is 5.83. The number of rotatable bonds is 32. The molecule has 0 rings (SSSR count). The summed E-state index contributed by atoms with van der Waals surface area (Å²) < 4.78 is 0. The molecule has 0 fully saturated rings. The zero-order valence-electron chi connectivity index (χ0n) is 37.7. The molecule has 0 saturated carbocycles. The van der Waals surface area contributed by atoms with Crippen LogP contribution in [0.15, 0.2) is 0 Å². The highest BCUT2D eigenvalue weighted by Gasteiger charge is 2.34. The van der Waals surface area contributed by atoms with E-state index in [1.54, 1.807) is 27.7 Å². The highest BCUT2D eigenvalue weighted by atomic mass is 16.4. The molecule has 368 valence electrons. The smallest absolute Gasteiger partial charge is 0.326 e. The second-order valence-corrected chi connectivity index (χ2v) is 16.0. The minimum absolute atomic E-state index is 0.0101. The molecule has 0 aromatic carbocycles. The number of nitrogens with two attached hydrogens (primary N) is 4. The molecule has 0 bridgehead atoms. The van der Waals surface area contributed by atoms with Crippen molar-refractivity contribution in [2.24, 2.45) is 34.8 Å². The lowest BCUT2D eigenvalue weighted by molar-refractivity contribution is -0.142. The van der Waals surface area contributed by atoms with Gasteiger partial charge in [-0.25, -0.2) is 4.79 Å². The highest BCUT2D eigenvalue weighted by Crippen LogP contribution is 2.11. The average Bonchev–Trinajstić information content (AvgIpc) is 3.20. The van der Waals surface area contributed by atoms with Crippen molar-refractivity contribution in [2.75, 3.05) is 13.1 Å². The van der Waals surface area contributed by atoms with E-state index in [2.05, 4.69) is 42.5 Å². The van der Waals surface area contributed by atoms with Gasteiger partial charge < -0.3 is 75.7 Å². The Morgan fingerprint density at radius 2 is 1.08 bits per heavy atom. The van der Waals surface area contributed by atoms with Crippen molar-refractivity contribution in [1.82, 2.24) is 42.5 Å². The van der Waals surface area contributed by atoms with Crippen LogP contribution in [0.4, 0.5) is 0 Å². The maximum Gasteiger partial charge on any atom is 0.326 e. The Labute approximate surface area is 376 Å². The molecular weight excluding hydrogens is 860 g/mol. The second-order valence-electron chi connectivity index (χ2n) is 16.0.